The number of methoxy groups -OCH3 is 1. The molecular formula is C39H33F3N4O6. The Morgan fingerprint density at radius 1 is 0.712 bits per heavy atom. The van der Waals surface area contributed by atoms with Gasteiger partial charge in [0.25, 0.3) is 23.6 Å². The van der Waals surface area contributed by atoms with Gasteiger partial charge >= 0.3 is 6.18 Å². The fourth-order valence-electron chi connectivity index (χ4n) is 7.94. The summed E-state index contributed by atoms with van der Waals surface area (Å²) in [6, 6.07) is 14.5. The summed E-state index contributed by atoms with van der Waals surface area (Å²) < 4.78 is 51.0. The molecule has 4 heterocycles. The Kier molecular flexibility index (Phi) is 7.34. The second kappa shape index (κ2) is 11.4. The third kappa shape index (κ3) is 4.61. The maximum atomic E-state index is 15.1. The van der Waals surface area contributed by atoms with E-state index in [1.54, 1.807) is 19.2 Å². The average molecular weight is 711 g/mol. The molecule has 4 aromatic rings. The minimum absolute atomic E-state index is 0.00267. The van der Waals surface area contributed by atoms with E-state index in [9.17, 15) is 24.3 Å². The van der Waals surface area contributed by atoms with Gasteiger partial charge in [0.2, 0.25) is 0 Å². The van der Waals surface area contributed by atoms with E-state index >= 15 is 13.2 Å². The van der Waals surface area contributed by atoms with Crippen molar-refractivity contribution in [2.24, 2.45) is 0 Å². The predicted octanol–water partition coefficient (Wildman–Crippen LogP) is 5.73. The third-order valence-corrected chi connectivity index (χ3v) is 11.0. The molecule has 13 heteroatoms. The summed E-state index contributed by atoms with van der Waals surface area (Å²) in [6.45, 7) is 4.81. The molecule has 8 rings (SSSR count). The summed E-state index contributed by atoms with van der Waals surface area (Å²) in [5, 5.41) is 10.5. The van der Waals surface area contributed by atoms with Crippen LogP contribution in [0.3, 0.4) is 0 Å². The van der Waals surface area contributed by atoms with Crippen molar-refractivity contribution >= 4 is 40.7 Å². The van der Waals surface area contributed by atoms with E-state index in [-0.39, 0.29) is 39.1 Å². The van der Waals surface area contributed by atoms with Gasteiger partial charge in [0.15, 0.2) is 0 Å². The molecule has 266 valence electrons. The molecule has 0 spiro atoms. The SMILES string of the molecule is COc1cc2c(cc1C)N1CCN(C2)c2cc(N3C(=O)c4ccc(C(C)(c5ccc6c(c5)C(=O)N(C)C6=O)C(F)(F)F)cc4C3=O)c(CO)cc2C1. The Hall–Kier alpha value is -5.69. The van der Waals surface area contributed by atoms with Crippen LogP contribution in [0.2, 0.25) is 0 Å². The molecule has 0 radical (unpaired) electrons. The first kappa shape index (κ1) is 33.5. The van der Waals surface area contributed by atoms with Gasteiger partial charge in [-0.3, -0.25) is 24.1 Å². The monoisotopic (exact) mass is 710 g/mol. The fourth-order valence-corrected chi connectivity index (χ4v) is 7.94. The average Bonchev–Trinajstić information content (AvgIpc) is 3.31. The zero-order chi connectivity index (χ0) is 37.0. The van der Waals surface area contributed by atoms with Crippen LogP contribution in [0.4, 0.5) is 30.2 Å². The highest BCUT2D eigenvalue weighted by Crippen LogP contribution is 2.48. The van der Waals surface area contributed by atoms with E-state index in [0.29, 0.717) is 31.7 Å². The molecular weight excluding hydrogens is 677 g/mol. The number of fused-ring (bicyclic) bond motifs is 9. The predicted molar refractivity (Wildman–Crippen MR) is 185 cm³/mol. The quantitative estimate of drug-likeness (QED) is 0.262. The molecule has 2 bridgehead atoms. The van der Waals surface area contributed by atoms with Gasteiger partial charge in [-0.15, -0.1) is 0 Å². The Morgan fingerprint density at radius 2 is 1.23 bits per heavy atom. The summed E-state index contributed by atoms with van der Waals surface area (Å²) in [7, 11) is 2.88. The van der Waals surface area contributed by atoms with Gasteiger partial charge in [0.05, 0.1) is 41.7 Å². The fraction of sp³-hybridized carbons (Fsp3) is 0.282. The number of ether oxygens (including phenoxy) is 1. The number of aryl methyl sites for hydroxylation is 1. The Labute approximate surface area is 296 Å². The van der Waals surface area contributed by atoms with Crippen molar-refractivity contribution in [3.63, 3.8) is 0 Å². The summed E-state index contributed by atoms with van der Waals surface area (Å²) in [5.41, 5.74) is 1.48. The largest absolute Gasteiger partial charge is 0.496 e. The number of aliphatic hydroxyl groups excluding tert-OH is 1. The molecule has 1 unspecified atom stereocenters. The number of imide groups is 2. The minimum atomic E-state index is -4.91. The molecule has 1 N–H and O–H groups in total. The van der Waals surface area contributed by atoms with Crippen LogP contribution < -0.4 is 19.4 Å². The van der Waals surface area contributed by atoms with E-state index in [2.05, 4.69) is 15.9 Å². The van der Waals surface area contributed by atoms with Gasteiger partial charge in [-0.2, -0.15) is 13.2 Å². The number of rotatable bonds is 5. The lowest BCUT2D eigenvalue weighted by Gasteiger charge is -2.33. The number of carbonyl (C=O) groups excluding carboxylic acids is 4. The Morgan fingerprint density at radius 3 is 1.81 bits per heavy atom. The zero-order valence-corrected chi connectivity index (χ0v) is 28.7. The number of hydrogen-bond donors (Lipinski definition) is 1. The summed E-state index contributed by atoms with van der Waals surface area (Å²) in [6.07, 6.45) is -4.91. The second-order valence-electron chi connectivity index (χ2n) is 13.8. The van der Waals surface area contributed by atoms with E-state index in [1.165, 1.54) is 19.2 Å². The number of amides is 4. The van der Waals surface area contributed by atoms with Crippen LogP contribution in [-0.2, 0) is 25.1 Å². The molecule has 0 saturated carbocycles. The van der Waals surface area contributed by atoms with Gasteiger partial charge in [-0.25, -0.2) is 4.90 Å². The first-order valence-electron chi connectivity index (χ1n) is 16.7. The number of carbonyl (C=O) groups is 4. The Bertz CT molecular complexity index is 2290. The molecule has 0 saturated heterocycles. The molecule has 10 nitrogen and oxygen atoms in total. The van der Waals surface area contributed by atoms with Crippen molar-refractivity contribution < 1.29 is 42.2 Å². The summed E-state index contributed by atoms with van der Waals surface area (Å²) >= 11 is 0. The van der Waals surface area contributed by atoms with Gasteiger partial charge < -0.3 is 19.6 Å². The summed E-state index contributed by atoms with van der Waals surface area (Å²) in [5.74, 6) is -2.11. The number of benzene rings is 4. The Balaban J connectivity index is 1.19. The van der Waals surface area contributed by atoms with Crippen molar-refractivity contribution in [3.8, 4) is 5.75 Å². The van der Waals surface area contributed by atoms with Crippen molar-refractivity contribution in [3.05, 3.63) is 116 Å². The van der Waals surface area contributed by atoms with Gasteiger partial charge in [0, 0.05) is 50.2 Å². The van der Waals surface area contributed by atoms with Crippen molar-refractivity contribution in [2.75, 3.05) is 41.9 Å². The maximum Gasteiger partial charge on any atom is 0.402 e. The van der Waals surface area contributed by atoms with Crippen molar-refractivity contribution in [1.82, 2.24) is 4.90 Å². The lowest BCUT2D eigenvalue weighted by molar-refractivity contribution is -0.173. The minimum Gasteiger partial charge on any atom is -0.496 e. The van der Waals surface area contributed by atoms with Crippen LogP contribution in [0.15, 0.2) is 60.7 Å². The highest BCUT2D eigenvalue weighted by atomic mass is 19.4. The van der Waals surface area contributed by atoms with Crippen LogP contribution in [0.25, 0.3) is 0 Å². The standard InChI is InChI=1S/C39H33F3N4O6/c1-20-11-30-22(13-33(20)52-4)18-45-10-9-44(30)17-21-12-23(19-47)32(16-31(21)45)46-36(50)27-8-6-25(15-29(27)37(46)51)38(2,39(40,41)42)24-5-7-26-28(14-24)35(49)43(3)34(26)48/h5-8,11-16,47H,9-10,17-19H2,1-4H3. The molecule has 4 aliphatic heterocycles. The number of alkyl halides is 3. The highest BCUT2D eigenvalue weighted by Gasteiger charge is 2.55. The van der Waals surface area contributed by atoms with E-state index in [1.807, 2.05) is 13.0 Å². The molecule has 0 aromatic heterocycles. The van der Waals surface area contributed by atoms with Crippen LogP contribution in [0, 0.1) is 6.92 Å². The van der Waals surface area contributed by atoms with Crippen LogP contribution >= 0.6 is 0 Å². The highest BCUT2D eigenvalue weighted by molar-refractivity contribution is 6.35. The third-order valence-electron chi connectivity index (χ3n) is 11.0. The van der Waals surface area contributed by atoms with Crippen molar-refractivity contribution in [1.29, 1.82) is 0 Å². The molecule has 0 aliphatic carbocycles. The van der Waals surface area contributed by atoms with Crippen LogP contribution in [0.5, 0.6) is 5.75 Å². The topological polar surface area (TPSA) is 111 Å². The second-order valence-corrected chi connectivity index (χ2v) is 13.8. The first-order valence-corrected chi connectivity index (χ1v) is 16.7. The maximum absolute atomic E-state index is 15.1. The van der Waals surface area contributed by atoms with Crippen LogP contribution in [0.1, 0.15) is 81.7 Å². The molecule has 1 atom stereocenters. The van der Waals surface area contributed by atoms with E-state index < -0.39 is 41.8 Å². The smallest absolute Gasteiger partial charge is 0.402 e. The summed E-state index contributed by atoms with van der Waals surface area (Å²) in [4.78, 5) is 59.4. The number of aliphatic hydroxyl groups is 1. The molecule has 4 amide bonds. The van der Waals surface area contributed by atoms with Gasteiger partial charge in [-0.05, 0) is 90.2 Å². The zero-order valence-electron chi connectivity index (χ0n) is 28.7. The number of halogens is 3. The first-order chi connectivity index (χ1) is 24.7. The normalized spacial score (nSPS) is 17.5. The number of nitrogens with zero attached hydrogens (tertiary/aromatic N) is 4. The van der Waals surface area contributed by atoms with Gasteiger partial charge in [0.1, 0.15) is 11.2 Å². The van der Waals surface area contributed by atoms with E-state index in [4.69, 9.17) is 4.74 Å². The molecule has 4 aromatic carbocycles. The number of anilines is 3. The van der Waals surface area contributed by atoms with Crippen molar-refractivity contribution in [2.45, 2.75) is 45.1 Å². The lowest BCUT2D eigenvalue weighted by atomic mass is 9.74. The molecule has 0 fully saturated rings. The van der Waals surface area contributed by atoms with Gasteiger partial charge in [-0.1, -0.05) is 12.1 Å². The molecule has 52 heavy (non-hydrogen) atoms. The van der Waals surface area contributed by atoms with E-state index in [0.717, 1.165) is 74.8 Å². The number of hydrogen-bond acceptors (Lipinski definition) is 8. The molecule has 4 aliphatic rings. The van der Waals surface area contributed by atoms with Crippen LogP contribution in [-0.4, -0.2) is 67.1 Å². The lowest BCUT2D eigenvalue weighted by Crippen LogP contribution is -2.41.